The van der Waals surface area contributed by atoms with E-state index in [1.807, 2.05) is 31.2 Å². The van der Waals surface area contributed by atoms with Gasteiger partial charge in [-0.3, -0.25) is 4.79 Å². The first-order valence-electron chi connectivity index (χ1n) is 9.43. The lowest BCUT2D eigenvalue weighted by molar-refractivity contribution is -0.119. The molecule has 2 heterocycles. The number of nitrogens with one attached hydrogen (secondary N) is 2. The van der Waals surface area contributed by atoms with Gasteiger partial charge in [0.05, 0.1) is 18.9 Å². The Bertz CT molecular complexity index is 802. The lowest BCUT2D eigenvalue weighted by Crippen LogP contribution is -2.25. The Balaban J connectivity index is 1.51. The summed E-state index contributed by atoms with van der Waals surface area (Å²) in [5.41, 5.74) is 8.00. The molecule has 1 saturated heterocycles. The third-order valence-electron chi connectivity index (χ3n) is 4.92. The molecular weight excluding hydrogens is 340 g/mol. The number of carbonyl (C=O) groups excluding carboxylic acids is 1. The van der Waals surface area contributed by atoms with E-state index >= 15 is 0 Å². The number of carbonyl (C=O) groups is 1. The smallest absolute Gasteiger partial charge is 0.259 e. The number of aromatic nitrogens is 1. The van der Waals surface area contributed by atoms with Crippen LogP contribution in [0.2, 0.25) is 0 Å². The summed E-state index contributed by atoms with van der Waals surface area (Å²) in [5, 5.41) is 7.19. The average molecular weight is 368 g/mol. The molecular formula is C21H28N4O2. The molecule has 1 atom stereocenters. The quantitative estimate of drug-likeness (QED) is 0.583. The molecule has 1 aliphatic rings. The summed E-state index contributed by atoms with van der Waals surface area (Å²) in [4.78, 5) is 12.0. The highest BCUT2D eigenvalue weighted by atomic mass is 16.5. The summed E-state index contributed by atoms with van der Waals surface area (Å²) in [5.74, 6) is -0.181. The fourth-order valence-corrected chi connectivity index (χ4v) is 3.30. The van der Waals surface area contributed by atoms with Gasteiger partial charge in [-0.25, -0.2) is 5.43 Å². The molecule has 6 heteroatoms. The van der Waals surface area contributed by atoms with Crippen molar-refractivity contribution in [3.8, 4) is 0 Å². The normalized spacial score (nSPS) is 16.8. The molecule has 2 N–H and O–H groups in total. The van der Waals surface area contributed by atoms with Crippen molar-refractivity contribution >= 4 is 17.8 Å². The minimum absolute atomic E-state index is 0.179. The second kappa shape index (κ2) is 8.86. The number of hydrazone groups is 1. The topological polar surface area (TPSA) is 67.7 Å². The summed E-state index contributed by atoms with van der Waals surface area (Å²) < 4.78 is 8.00. The first-order valence-corrected chi connectivity index (χ1v) is 9.43. The van der Waals surface area contributed by atoms with Crippen LogP contribution in [0.25, 0.3) is 0 Å². The van der Waals surface area contributed by atoms with Gasteiger partial charge in [0.25, 0.3) is 5.91 Å². The van der Waals surface area contributed by atoms with Gasteiger partial charge in [0.1, 0.15) is 0 Å². The Morgan fingerprint density at radius 1 is 1.30 bits per heavy atom. The Hall–Kier alpha value is -2.60. The molecule has 2 aromatic rings. The number of nitrogens with zero attached hydrogens (tertiary/aromatic N) is 2. The van der Waals surface area contributed by atoms with E-state index in [0.717, 1.165) is 42.9 Å². The zero-order chi connectivity index (χ0) is 19.2. The van der Waals surface area contributed by atoms with Crippen LogP contribution in [0.3, 0.4) is 0 Å². The number of benzene rings is 1. The summed E-state index contributed by atoms with van der Waals surface area (Å²) in [6.45, 7) is 8.11. The molecule has 1 aromatic carbocycles. The van der Waals surface area contributed by atoms with Crippen LogP contribution in [0.15, 0.2) is 35.4 Å². The van der Waals surface area contributed by atoms with E-state index in [9.17, 15) is 4.79 Å². The van der Waals surface area contributed by atoms with Crippen LogP contribution in [0.4, 0.5) is 5.69 Å². The Morgan fingerprint density at radius 3 is 2.78 bits per heavy atom. The van der Waals surface area contributed by atoms with E-state index in [4.69, 9.17) is 4.74 Å². The first-order chi connectivity index (χ1) is 13.0. The Morgan fingerprint density at radius 2 is 2.07 bits per heavy atom. The van der Waals surface area contributed by atoms with Crippen molar-refractivity contribution in [3.63, 3.8) is 0 Å². The van der Waals surface area contributed by atoms with Gasteiger partial charge in [0.15, 0.2) is 0 Å². The van der Waals surface area contributed by atoms with E-state index in [0.29, 0.717) is 6.10 Å². The molecule has 6 nitrogen and oxygen atoms in total. The molecule has 1 amide bonds. The van der Waals surface area contributed by atoms with Crippen LogP contribution in [0, 0.1) is 20.8 Å². The van der Waals surface area contributed by atoms with Crippen LogP contribution in [0.1, 0.15) is 35.4 Å². The van der Waals surface area contributed by atoms with E-state index in [-0.39, 0.29) is 12.5 Å². The molecule has 0 aliphatic carbocycles. The highest BCUT2D eigenvalue weighted by Crippen LogP contribution is 2.19. The van der Waals surface area contributed by atoms with E-state index in [2.05, 4.69) is 40.3 Å². The van der Waals surface area contributed by atoms with Crippen molar-refractivity contribution in [1.29, 1.82) is 0 Å². The lowest BCUT2D eigenvalue weighted by Gasteiger charge is -2.14. The number of hydrogen-bond acceptors (Lipinski definition) is 4. The predicted octanol–water partition coefficient (Wildman–Crippen LogP) is 3.15. The van der Waals surface area contributed by atoms with Gasteiger partial charge in [0.2, 0.25) is 0 Å². The van der Waals surface area contributed by atoms with E-state index in [1.165, 1.54) is 11.3 Å². The minimum atomic E-state index is -0.181. The molecule has 1 fully saturated rings. The van der Waals surface area contributed by atoms with Gasteiger partial charge >= 0.3 is 0 Å². The molecule has 0 spiro atoms. The summed E-state index contributed by atoms with van der Waals surface area (Å²) >= 11 is 0. The maximum atomic E-state index is 12.0. The average Bonchev–Trinajstić information content (AvgIpc) is 3.25. The van der Waals surface area contributed by atoms with E-state index in [1.54, 1.807) is 6.21 Å². The molecule has 27 heavy (non-hydrogen) atoms. The molecule has 3 rings (SSSR count). The summed E-state index contributed by atoms with van der Waals surface area (Å²) in [7, 11) is 0. The van der Waals surface area contributed by atoms with Gasteiger partial charge in [-0.1, -0.05) is 17.7 Å². The molecule has 0 radical (unpaired) electrons. The van der Waals surface area contributed by atoms with Gasteiger partial charge in [-0.05, 0) is 51.8 Å². The zero-order valence-electron chi connectivity index (χ0n) is 16.3. The molecule has 1 aliphatic heterocycles. The molecule has 0 saturated carbocycles. The first kappa shape index (κ1) is 19.2. The third kappa shape index (κ3) is 5.20. The van der Waals surface area contributed by atoms with Crippen molar-refractivity contribution in [2.75, 3.05) is 18.5 Å². The number of ether oxygens (including phenoxy) is 1. The summed E-state index contributed by atoms with van der Waals surface area (Å²) in [6.07, 6.45) is 4.26. The SMILES string of the molecule is Cc1ccc(NCC(=O)N/N=C\c2cc(C)n(C[C@@H]3CCCO3)c2C)cc1. The van der Waals surface area contributed by atoms with Gasteiger partial charge < -0.3 is 14.6 Å². The van der Waals surface area contributed by atoms with E-state index < -0.39 is 0 Å². The highest BCUT2D eigenvalue weighted by Gasteiger charge is 2.18. The molecule has 144 valence electrons. The molecule has 1 aromatic heterocycles. The van der Waals surface area contributed by atoms with Crippen LogP contribution >= 0.6 is 0 Å². The number of anilines is 1. The largest absolute Gasteiger partial charge is 0.376 e. The zero-order valence-corrected chi connectivity index (χ0v) is 16.3. The van der Waals surface area contributed by atoms with Crippen LogP contribution in [-0.2, 0) is 16.1 Å². The highest BCUT2D eigenvalue weighted by molar-refractivity contribution is 5.85. The number of hydrogen-bond donors (Lipinski definition) is 2. The standard InChI is InChI=1S/C21H28N4O2/c1-15-6-8-19(9-7-15)22-13-21(26)24-23-12-18-11-16(2)25(17(18)3)14-20-5-4-10-27-20/h6-9,11-12,20,22H,4-5,10,13-14H2,1-3H3,(H,24,26)/b23-12-/t20-/m0/s1. The molecule has 0 bridgehead atoms. The Labute approximate surface area is 160 Å². The number of amides is 1. The second-order valence-corrected chi connectivity index (χ2v) is 7.08. The fourth-order valence-electron chi connectivity index (χ4n) is 3.30. The van der Waals surface area contributed by atoms with Gasteiger partial charge in [-0.2, -0.15) is 5.10 Å². The maximum Gasteiger partial charge on any atom is 0.259 e. The van der Waals surface area contributed by atoms with Crippen molar-refractivity contribution in [2.45, 2.75) is 46.3 Å². The van der Waals surface area contributed by atoms with Gasteiger partial charge in [0, 0.05) is 35.8 Å². The van der Waals surface area contributed by atoms with Crippen molar-refractivity contribution < 1.29 is 9.53 Å². The minimum Gasteiger partial charge on any atom is -0.376 e. The fraction of sp³-hybridized carbons (Fsp3) is 0.429. The van der Waals surface area contributed by atoms with Crippen molar-refractivity contribution in [2.24, 2.45) is 5.10 Å². The van der Waals surface area contributed by atoms with Crippen molar-refractivity contribution in [3.05, 3.63) is 52.8 Å². The van der Waals surface area contributed by atoms with Crippen LogP contribution in [0.5, 0.6) is 0 Å². The Kier molecular flexibility index (Phi) is 6.29. The monoisotopic (exact) mass is 368 g/mol. The second-order valence-electron chi connectivity index (χ2n) is 7.08. The van der Waals surface area contributed by atoms with Crippen LogP contribution < -0.4 is 10.7 Å². The third-order valence-corrected chi connectivity index (χ3v) is 4.92. The summed E-state index contributed by atoms with van der Waals surface area (Å²) in [6, 6.07) is 10.0. The lowest BCUT2D eigenvalue weighted by atomic mass is 10.2. The molecule has 0 unspecified atom stereocenters. The number of rotatable bonds is 7. The maximum absolute atomic E-state index is 12.0. The van der Waals surface area contributed by atoms with Crippen LogP contribution in [-0.4, -0.2) is 35.9 Å². The number of aryl methyl sites for hydroxylation is 2. The van der Waals surface area contributed by atoms with Gasteiger partial charge in [-0.15, -0.1) is 0 Å². The predicted molar refractivity (Wildman–Crippen MR) is 108 cm³/mol. The van der Waals surface area contributed by atoms with Crippen molar-refractivity contribution in [1.82, 2.24) is 9.99 Å².